The number of rotatable bonds is 10. The van der Waals surface area contributed by atoms with Crippen LogP contribution in [0.1, 0.15) is 59.8 Å². The van der Waals surface area contributed by atoms with Gasteiger partial charge in [-0.1, -0.05) is 34.9 Å². The molecule has 0 aliphatic rings. The van der Waals surface area contributed by atoms with E-state index in [1.54, 1.807) is 0 Å². The monoisotopic (exact) mass is 358 g/mol. The zero-order chi connectivity index (χ0) is 18.6. The van der Waals surface area contributed by atoms with E-state index < -0.39 is 16.3 Å². The molecule has 0 aliphatic carbocycles. The Morgan fingerprint density at radius 3 is 1.96 bits per heavy atom. The molecule has 6 nitrogen and oxygen atoms in total. The lowest BCUT2D eigenvalue weighted by atomic mass is 10.1. The SMILES string of the molecule is CC(C)=CCC/C(C)=C/CC/C(C)=C/CCOC(=O)NS(N)(=O)=O. The molecule has 0 aliphatic heterocycles. The number of hydrogen-bond acceptors (Lipinski definition) is 4. The average Bonchev–Trinajstić information content (AvgIpc) is 2.41. The van der Waals surface area contributed by atoms with Gasteiger partial charge >= 0.3 is 16.3 Å². The Morgan fingerprint density at radius 1 is 0.958 bits per heavy atom. The maximum atomic E-state index is 11.1. The van der Waals surface area contributed by atoms with Crippen LogP contribution in [0.2, 0.25) is 0 Å². The van der Waals surface area contributed by atoms with E-state index in [4.69, 9.17) is 4.74 Å². The highest BCUT2D eigenvalue weighted by Crippen LogP contribution is 2.11. The third-order valence-corrected chi connectivity index (χ3v) is 3.64. The van der Waals surface area contributed by atoms with Crippen LogP contribution in [-0.2, 0) is 14.9 Å². The molecule has 0 saturated carbocycles. The van der Waals surface area contributed by atoms with Crippen molar-refractivity contribution in [2.45, 2.75) is 59.8 Å². The molecule has 0 saturated heterocycles. The van der Waals surface area contributed by atoms with Crippen molar-refractivity contribution in [3.05, 3.63) is 34.9 Å². The third kappa shape index (κ3) is 15.3. The predicted octanol–water partition coefficient (Wildman–Crippen LogP) is 3.73. The summed E-state index contributed by atoms with van der Waals surface area (Å²) in [6.45, 7) is 8.49. The summed E-state index contributed by atoms with van der Waals surface area (Å²) in [5.74, 6) is 0. The second-order valence-electron chi connectivity index (χ2n) is 6.03. The minimum Gasteiger partial charge on any atom is -0.449 e. The van der Waals surface area contributed by atoms with Gasteiger partial charge in [0.05, 0.1) is 6.61 Å². The van der Waals surface area contributed by atoms with Crippen molar-refractivity contribution >= 4 is 16.3 Å². The van der Waals surface area contributed by atoms with Crippen LogP contribution in [0.4, 0.5) is 4.79 Å². The number of nitrogens with one attached hydrogen (secondary N) is 1. The van der Waals surface area contributed by atoms with Crippen LogP contribution >= 0.6 is 0 Å². The Labute approximate surface area is 146 Å². The largest absolute Gasteiger partial charge is 0.449 e. The number of ether oxygens (including phenoxy) is 1. The van der Waals surface area contributed by atoms with Crippen LogP contribution in [0, 0.1) is 0 Å². The van der Waals surface area contributed by atoms with E-state index >= 15 is 0 Å². The van der Waals surface area contributed by atoms with Gasteiger partial charge in [0.1, 0.15) is 0 Å². The Balaban J connectivity index is 3.95. The minimum atomic E-state index is -4.06. The maximum absolute atomic E-state index is 11.1. The van der Waals surface area contributed by atoms with Crippen LogP contribution in [-0.4, -0.2) is 21.1 Å². The van der Waals surface area contributed by atoms with E-state index in [0.29, 0.717) is 6.42 Å². The average molecular weight is 359 g/mol. The molecule has 1 amide bonds. The third-order valence-electron chi connectivity index (χ3n) is 3.19. The van der Waals surface area contributed by atoms with Crippen LogP contribution in [0.25, 0.3) is 0 Å². The molecule has 24 heavy (non-hydrogen) atoms. The minimum absolute atomic E-state index is 0.107. The zero-order valence-electron chi connectivity index (χ0n) is 15.1. The molecule has 0 bridgehead atoms. The molecule has 0 rings (SSSR count). The normalized spacial score (nSPS) is 12.7. The fraction of sp³-hybridized carbons (Fsp3) is 0.588. The summed E-state index contributed by atoms with van der Waals surface area (Å²) in [6, 6.07) is 0. The van der Waals surface area contributed by atoms with Crippen molar-refractivity contribution in [1.82, 2.24) is 4.72 Å². The van der Waals surface area contributed by atoms with Gasteiger partial charge in [0.25, 0.3) is 0 Å². The van der Waals surface area contributed by atoms with Crippen molar-refractivity contribution < 1.29 is 17.9 Å². The lowest BCUT2D eigenvalue weighted by molar-refractivity contribution is 0.154. The molecule has 7 heteroatoms. The second-order valence-corrected chi connectivity index (χ2v) is 7.33. The highest BCUT2D eigenvalue weighted by molar-refractivity contribution is 7.87. The van der Waals surface area contributed by atoms with Crippen molar-refractivity contribution in [2.24, 2.45) is 5.14 Å². The van der Waals surface area contributed by atoms with Crippen LogP contribution < -0.4 is 9.86 Å². The second kappa shape index (κ2) is 11.9. The molecule has 138 valence electrons. The van der Waals surface area contributed by atoms with Gasteiger partial charge in [-0.3, -0.25) is 0 Å². The topological polar surface area (TPSA) is 98.5 Å². The first-order chi connectivity index (χ1) is 11.1. The van der Waals surface area contributed by atoms with Gasteiger partial charge in [-0.25, -0.2) is 14.7 Å². The standard InChI is InChI=1S/C17H30N2O4S/c1-14(2)8-5-9-15(3)10-6-11-16(4)12-7-13-23-17(20)19-24(18,21)22/h8,10,12H,5-7,9,11,13H2,1-4H3,(H,19,20)(H2,18,21,22)/b15-10+,16-12+. The number of carbonyl (C=O) groups is 1. The number of carbonyl (C=O) groups excluding carboxylic acids is 1. The van der Waals surface area contributed by atoms with E-state index in [1.165, 1.54) is 21.4 Å². The molecule has 0 aromatic carbocycles. The summed E-state index contributed by atoms with van der Waals surface area (Å²) in [4.78, 5) is 11.1. The summed E-state index contributed by atoms with van der Waals surface area (Å²) in [5, 5.41) is 4.65. The summed E-state index contributed by atoms with van der Waals surface area (Å²) in [7, 11) is -4.06. The fourth-order valence-electron chi connectivity index (χ4n) is 1.94. The quantitative estimate of drug-likeness (QED) is 0.459. The Bertz CT molecular complexity index is 586. The molecule has 3 N–H and O–H groups in total. The molecule has 0 atom stereocenters. The molecule has 0 radical (unpaired) electrons. The lowest BCUT2D eigenvalue weighted by Crippen LogP contribution is -2.36. The van der Waals surface area contributed by atoms with E-state index in [-0.39, 0.29) is 6.61 Å². The maximum Gasteiger partial charge on any atom is 0.421 e. The highest BCUT2D eigenvalue weighted by Gasteiger charge is 2.08. The van der Waals surface area contributed by atoms with Crippen molar-refractivity contribution in [3.8, 4) is 0 Å². The number of amides is 1. The van der Waals surface area contributed by atoms with Gasteiger partial charge in [0, 0.05) is 0 Å². The van der Waals surface area contributed by atoms with Crippen LogP contribution in [0.15, 0.2) is 34.9 Å². The first kappa shape index (κ1) is 22.4. The highest BCUT2D eigenvalue weighted by atomic mass is 32.2. The Kier molecular flexibility index (Phi) is 11.1. The summed E-state index contributed by atoms with van der Waals surface area (Å²) < 4.78 is 27.4. The van der Waals surface area contributed by atoms with Crippen molar-refractivity contribution in [1.29, 1.82) is 0 Å². The summed E-state index contributed by atoms with van der Waals surface area (Å²) in [6.07, 6.45) is 10.1. The molecule has 0 heterocycles. The molecule has 0 spiro atoms. The Morgan fingerprint density at radius 2 is 1.46 bits per heavy atom. The van der Waals surface area contributed by atoms with Gasteiger partial charge in [-0.2, -0.15) is 8.42 Å². The number of hydrogen-bond donors (Lipinski definition) is 2. The lowest BCUT2D eigenvalue weighted by Gasteiger charge is -2.04. The van der Waals surface area contributed by atoms with Crippen LogP contribution in [0.3, 0.4) is 0 Å². The molecule has 0 aromatic heterocycles. The van der Waals surface area contributed by atoms with Crippen molar-refractivity contribution in [2.75, 3.05) is 6.61 Å². The Hall–Kier alpha value is -1.60. The van der Waals surface area contributed by atoms with E-state index in [2.05, 4.69) is 38.1 Å². The van der Waals surface area contributed by atoms with E-state index in [0.717, 1.165) is 25.7 Å². The first-order valence-corrected chi connectivity index (χ1v) is 9.56. The molecule has 0 unspecified atom stereocenters. The molecular formula is C17H30N2O4S. The summed E-state index contributed by atoms with van der Waals surface area (Å²) in [5.41, 5.74) is 3.95. The summed E-state index contributed by atoms with van der Waals surface area (Å²) >= 11 is 0. The molecule has 0 fully saturated rings. The van der Waals surface area contributed by atoms with Crippen molar-refractivity contribution in [3.63, 3.8) is 0 Å². The fourth-order valence-corrected chi connectivity index (χ4v) is 2.23. The molecular weight excluding hydrogens is 328 g/mol. The van der Waals surface area contributed by atoms with Gasteiger partial charge in [0.15, 0.2) is 0 Å². The van der Waals surface area contributed by atoms with Gasteiger partial charge in [-0.05, 0) is 59.8 Å². The number of nitrogens with two attached hydrogens (primary N) is 1. The van der Waals surface area contributed by atoms with Gasteiger partial charge < -0.3 is 4.74 Å². The van der Waals surface area contributed by atoms with Crippen LogP contribution in [0.5, 0.6) is 0 Å². The van der Waals surface area contributed by atoms with Gasteiger partial charge in [0.2, 0.25) is 0 Å². The van der Waals surface area contributed by atoms with E-state index in [1.807, 2.05) is 13.0 Å². The number of allylic oxidation sites excluding steroid dienone is 5. The first-order valence-electron chi connectivity index (χ1n) is 8.02. The predicted molar refractivity (Wildman–Crippen MR) is 97.6 cm³/mol. The molecule has 0 aromatic rings. The van der Waals surface area contributed by atoms with Gasteiger partial charge in [-0.15, -0.1) is 0 Å². The zero-order valence-corrected chi connectivity index (χ0v) is 15.9. The smallest absolute Gasteiger partial charge is 0.421 e. The van der Waals surface area contributed by atoms with E-state index in [9.17, 15) is 13.2 Å².